The minimum absolute atomic E-state index is 0.0651. The number of halogens is 2. The first kappa shape index (κ1) is 20.0. The molecule has 0 aromatic heterocycles. The Morgan fingerprint density at radius 1 is 0.929 bits per heavy atom. The van der Waals surface area contributed by atoms with Crippen molar-refractivity contribution in [2.45, 2.75) is 6.92 Å². The fourth-order valence-electron chi connectivity index (χ4n) is 2.48. The van der Waals surface area contributed by atoms with E-state index in [0.29, 0.717) is 25.9 Å². The summed E-state index contributed by atoms with van der Waals surface area (Å²) in [7, 11) is 0. The van der Waals surface area contributed by atoms with Crippen molar-refractivity contribution < 1.29 is 14.7 Å². The van der Waals surface area contributed by atoms with E-state index >= 15 is 0 Å². The molecule has 0 saturated heterocycles. The molecular weight excluding hydrogens is 490 g/mol. The Labute approximate surface area is 177 Å². The van der Waals surface area contributed by atoms with Crippen LogP contribution in [0.4, 0.5) is 5.69 Å². The van der Waals surface area contributed by atoms with Crippen LogP contribution in [0.25, 0.3) is 10.8 Å². The molecule has 0 saturated carbocycles. The number of carbonyl (C=O) groups is 2. The van der Waals surface area contributed by atoms with Crippen molar-refractivity contribution in [3.63, 3.8) is 0 Å². The number of hydrogen-bond donors (Lipinski definition) is 3. The highest BCUT2D eigenvalue weighted by Gasteiger charge is 2.14. The SMILES string of the molecule is CC(=NNC(=O)C(=O)Nc1ccc2ccccc2c1)c1cc(Br)c(O)c(Br)c1. The smallest absolute Gasteiger partial charge is 0.329 e. The van der Waals surface area contributed by atoms with Gasteiger partial charge in [0.1, 0.15) is 5.75 Å². The molecule has 0 spiro atoms. The number of phenols is 1. The number of hydrogen-bond acceptors (Lipinski definition) is 4. The number of rotatable bonds is 3. The van der Waals surface area contributed by atoms with Crippen LogP contribution in [0.1, 0.15) is 12.5 Å². The van der Waals surface area contributed by atoms with E-state index in [2.05, 4.69) is 47.7 Å². The van der Waals surface area contributed by atoms with Gasteiger partial charge in [0.2, 0.25) is 0 Å². The Bertz CT molecular complexity index is 1090. The van der Waals surface area contributed by atoms with Crippen LogP contribution in [-0.2, 0) is 9.59 Å². The molecule has 0 atom stereocenters. The second-order valence-electron chi connectivity index (χ2n) is 5.94. The molecule has 3 aromatic rings. The number of carbonyl (C=O) groups excluding carboxylic acids is 2. The van der Waals surface area contributed by atoms with Crippen LogP contribution < -0.4 is 10.7 Å². The summed E-state index contributed by atoms with van der Waals surface area (Å²) in [6.07, 6.45) is 0. The number of aromatic hydroxyl groups is 1. The van der Waals surface area contributed by atoms with Gasteiger partial charge in [0.05, 0.1) is 14.7 Å². The molecule has 0 bridgehead atoms. The summed E-state index contributed by atoms with van der Waals surface area (Å²) < 4.78 is 0.957. The van der Waals surface area contributed by atoms with Gasteiger partial charge in [-0.2, -0.15) is 5.10 Å². The minimum Gasteiger partial charge on any atom is -0.506 e. The van der Waals surface area contributed by atoms with Gasteiger partial charge in [0.25, 0.3) is 0 Å². The Morgan fingerprint density at radius 2 is 1.57 bits per heavy atom. The molecule has 0 heterocycles. The third-order valence-corrected chi connectivity index (χ3v) is 5.18. The molecular formula is C20H15Br2N3O3. The van der Waals surface area contributed by atoms with Crippen molar-refractivity contribution in [1.29, 1.82) is 0 Å². The molecule has 0 aliphatic carbocycles. The lowest BCUT2D eigenvalue weighted by Gasteiger charge is -2.07. The number of hydrazone groups is 1. The predicted molar refractivity (Wildman–Crippen MR) is 116 cm³/mol. The Kier molecular flexibility index (Phi) is 6.11. The van der Waals surface area contributed by atoms with Crippen molar-refractivity contribution in [3.05, 3.63) is 69.1 Å². The fraction of sp³-hybridized carbons (Fsp3) is 0.0500. The van der Waals surface area contributed by atoms with Gasteiger partial charge in [-0.25, -0.2) is 5.43 Å². The normalized spacial score (nSPS) is 11.3. The molecule has 8 heteroatoms. The molecule has 142 valence electrons. The third-order valence-electron chi connectivity index (χ3n) is 3.97. The zero-order chi connectivity index (χ0) is 20.3. The lowest BCUT2D eigenvalue weighted by atomic mass is 10.1. The Balaban J connectivity index is 1.68. The van der Waals surface area contributed by atoms with Gasteiger partial charge in [-0.1, -0.05) is 30.3 Å². The summed E-state index contributed by atoms with van der Waals surface area (Å²) in [6, 6.07) is 16.4. The van der Waals surface area contributed by atoms with Crippen molar-refractivity contribution >= 4 is 65.8 Å². The predicted octanol–water partition coefficient (Wildman–Crippen LogP) is 4.55. The lowest BCUT2D eigenvalue weighted by molar-refractivity contribution is -0.136. The van der Waals surface area contributed by atoms with E-state index in [4.69, 9.17) is 0 Å². The highest BCUT2D eigenvalue weighted by molar-refractivity contribution is 9.11. The molecule has 0 aliphatic heterocycles. The Morgan fingerprint density at radius 3 is 2.25 bits per heavy atom. The van der Waals surface area contributed by atoms with E-state index < -0.39 is 11.8 Å². The third kappa shape index (κ3) is 4.58. The van der Waals surface area contributed by atoms with Gasteiger partial charge in [0.15, 0.2) is 0 Å². The van der Waals surface area contributed by atoms with E-state index in [0.717, 1.165) is 10.8 Å². The molecule has 3 rings (SSSR count). The monoisotopic (exact) mass is 503 g/mol. The van der Waals surface area contributed by atoms with Crippen molar-refractivity contribution in [2.75, 3.05) is 5.32 Å². The molecule has 3 aromatic carbocycles. The standard InChI is InChI=1S/C20H15Br2N3O3/c1-11(14-9-16(21)18(26)17(22)10-14)24-25-20(28)19(27)23-15-7-6-12-4-2-3-5-13(12)8-15/h2-10,26H,1H3,(H,23,27)(H,25,28). The summed E-state index contributed by atoms with van der Waals surface area (Å²) in [6.45, 7) is 1.67. The van der Waals surface area contributed by atoms with Gasteiger partial charge >= 0.3 is 11.8 Å². The van der Waals surface area contributed by atoms with Crippen molar-refractivity contribution in [3.8, 4) is 5.75 Å². The lowest BCUT2D eigenvalue weighted by Crippen LogP contribution is -2.32. The van der Waals surface area contributed by atoms with Crippen LogP contribution in [0.3, 0.4) is 0 Å². The largest absolute Gasteiger partial charge is 0.506 e. The minimum atomic E-state index is -0.885. The zero-order valence-corrected chi connectivity index (χ0v) is 17.8. The molecule has 28 heavy (non-hydrogen) atoms. The number of anilines is 1. The highest BCUT2D eigenvalue weighted by Crippen LogP contribution is 2.33. The van der Waals surface area contributed by atoms with E-state index in [1.54, 1.807) is 31.2 Å². The quantitative estimate of drug-likeness (QED) is 0.277. The van der Waals surface area contributed by atoms with Crippen LogP contribution in [-0.4, -0.2) is 22.6 Å². The second-order valence-corrected chi connectivity index (χ2v) is 7.65. The topological polar surface area (TPSA) is 90.8 Å². The van der Waals surface area contributed by atoms with Crippen molar-refractivity contribution in [1.82, 2.24) is 5.43 Å². The molecule has 0 radical (unpaired) electrons. The van der Waals surface area contributed by atoms with Crippen molar-refractivity contribution in [2.24, 2.45) is 5.10 Å². The molecule has 0 aliphatic rings. The average Bonchev–Trinajstić information content (AvgIpc) is 2.69. The highest BCUT2D eigenvalue weighted by atomic mass is 79.9. The van der Waals surface area contributed by atoms with Crippen LogP contribution in [0.15, 0.2) is 68.6 Å². The maximum atomic E-state index is 12.1. The van der Waals surface area contributed by atoms with Crippen LogP contribution in [0.2, 0.25) is 0 Å². The molecule has 3 N–H and O–H groups in total. The van der Waals surface area contributed by atoms with Gasteiger partial charge < -0.3 is 10.4 Å². The molecule has 2 amide bonds. The first-order valence-electron chi connectivity index (χ1n) is 8.18. The van der Waals surface area contributed by atoms with Crippen LogP contribution in [0, 0.1) is 0 Å². The first-order valence-corrected chi connectivity index (χ1v) is 9.76. The number of phenolic OH excluding ortho intramolecular Hbond substituents is 1. The zero-order valence-electron chi connectivity index (χ0n) is 14.7. The van der Waals surface area contributed by atoms with Crippen LogP contribution >= 0.6 is 31.9 Å². The number of benzene rings is 3. The molecule has 0 unspecified atom stereocenters. The Hall–Kier alpha value is -2.71. The average molecular weight is 505 g/mol. The maximum absolute atomic E-state index is 12.1. The van der Waals surface area contributed by atoms with Gasteiger partial charge in [0, 0.05) is 5.69 Å². The number of fused-ring (bicyclic) bond motifs is 1. The summed E-state index contributed by atoms with van der Waals surface area (Å²) in [5.41, 5.74) is 3.88. The van der Waals surface area contributed by atoms with E-state index in [1.807, 2.05) is 30.3 Å². The fourth-order valence-corrected chi connectivity index (χ4v) is 3.67. The van der Waals surface area contributed by atoms with E-state index in [9.17, 15) is 14.7 Å². The maximum Gasteiger partial charge on any atom is 0.329 e. The summed E-state index contributed by atoms with van der Waals surface area (Å²) >= 11 is 6.47. The summed E-state index contributed by atoms with van der Waals surface area (Å²) in [5.74, 6) is -1.64. The van der Waals surface area contributed by atoms with Gasteiger partial charge in [-0.05, 0) is 79.4 Å². The first-order chi connectivity index (χ1) is 13.3. The van der Waals surface area contributed by atoms with Gasteiger partial charge in [-0.15, -0.1) is 0 Å². The number of amides is 2. The summed E-state index contributed by atoms with van der Waals surface area (Å²) in [4.78, 5) is 24.2. The van der Waals surface area contributed by atoms with Gasteiger partial charge in [-0.3, -0.25) is 9.59 Å². The van der Waals surface area contributed by atoms with E-state index in [1.165, 1.54) is 0 Å². The second kappa shape index (κ2) is 8.53. The summed E-state index contributed by atoms with van der Waals surface area (Å²) in [5, 5.41) is 18.3. The number of nitrogens with zero attached hydrogens (tertiary/aromatic N) is 1. The molecule has 6 nitrogen and oxygen atoms in total. The molecule has 0 fully saturated rings. The van der Waals surface area contributed by atoms with E-state index in [-0.39, 0.29) is 5.75 Å². The van der Waals surface area contributed by atoms with Crippen LogP contribution in [0.5, 0.6) is 5.75 Å². The number of nitrogens with one attached hydrogen (secondary N) is 2.